The van der Waals surface area contributed by atoms with E-state index in [1.54, 1.807) is 25.0 Å². The van der Waals surface area contributed by atoms with E-state index in [-0.39, 0.29) is 11.8 Å². The summed E-state index contributed by atoms with van der Waals surface area (Å²) in [6, 6.07) is 2.83. The van der Waals surface area contributed by atoms with E-state index in [4.69, 9.17) is 4.42 Å². The number of carbonyl (C=O) groups is 2. The van der Waals surface area contributed by atoms with Gasteiger partial charge in [-0.15, -0.1) is 0 Å². The minimum Gasteiger partial charge on any atom is -0.469 e. The highest BCUT2D eigenvalue weighted by atomic mass is 16.3. The van der Waals surface area contributed by atoms with E-state index in [0.717, 1.165) is 5.76 Å². The Morgan fingerprint density at radius 1 is 1.41 bits per heavy atom. The van der Waals surface area contributed by atoms with Gasteiger partial charge in [0.25, 0.3) is 0 Å². The Kier molecular flexibility index (Phi) is 3.17. The first-order valence-electron chi connectivity index (χ1n) is 5.73. The molecule has 1 aliphatic heterocycles. The molecule has 2 heterocycles. The van der Waals surface area contributed by atoms with E-state index in [2.05, 4.69) is 5.32 Å². The normalized spacial score (nSPS) is 24.9. The van der Waals surface area contributed by atoms with Crippen molar-refractivity contribution < 1.29 is 14.0 Å². The molecule has 5 heteroatoms. The van der Waals surface area contributed by atoms with E-state index in [9.17, 15) is 9.59 Å². The maximum atomic E-state index is 11.9. The minimum absolute atomic E-state index is 0.0383. The van der Waals surface area contributed by atoms with Crippen molar-refractivity contribution in [3.8, 4) is 0 Å². The fourth-order valence-electron chi connectivity index (χ4n) is 1.97. The number of furan rings is 1. The van der Waals surface area contributed by atoms with Crippen LogP contribution in [0.4, 0.5) is 0 Å². The van der Waals surface area contributed by atoms with Crippen LogP contribution in [0.15, 0.2) is 22.8 Å². The van der Waals surface area contributed by atoms with Crippen molar-refractivity contribution in [3.63, 3.8) is 0 Å². The molecule has 2 unspecified atom stereocenters. The van der Waals surface area contributed by atoms with Crippen LogP contribution in [0.5, 0.6) is 0 Å². The number of piperazine rings is 1. The number of rotatable bonds is 3. The minimum atomic E-state index is -0.435. The van der Waals surface area contributed by atoms with Crippen LogP contribution in [-0.2, 0) is 16.0 Å². The molecule has 0 radical (unpaired) electrons. The van der Waals surface area contributed by atoms with Crippen LogP contribution < -0.4 is 5.32 Å². The second-order valence-corrected chi connectivity index (χ2v) is 4.27. The highest BCUT2D eigenvalue weighted by molar-refractivity contribution is 5.96. The lowest BCUT2D eigenvalue weighted by molar-refractivity contribution is -0.148. The number of nitrogens with one attached hydrogen (secondary N) is 1. The lowest BCUT2D eigenvalue weighted by Gasteiger charge is -2.35. The quantitative estimate of drug-likeness (QED) is 0.834. The van der Waals surface area contributed by atoms with Crippen LogP contribution in [0.3, 0.4) is 0 Å². The second-order valence-electron chi connectivity index (χ2n) is 4.27. The van der Waals surface area contributed by atoms with Crippen LogP contribution >= 0.6 is 0 Å². The van der Waals surface area contributed by atoms with Crippen LogP contribution in [0.25, 0.3) is 0 Å². The largest absolute Gasteiger partial charge is 0.469 e. The van der Waals surface area contributed by atoms with Crippen molar-refractivity contribution in [2.75, 3.05) is 6.54 Å². The van der Waals surface area contributed by atoms with Gasteiger partial charge in [-0.1, -0.05) is 0 Å². The van der Waals surface area contributed by atoms with Crippen LogP contribution in [0, 0.1) is 0 Å². The average Bonchev–Trinajstić information content (AvgIpc) is 2.79. The third kappa shape index (κ3) is 2.33. The first-order chi connectivity index (χ1) is 8.09. The van der Waals surface area contributed by atoms with E-state index in [1.165, 1.54) is 0 Å². The molecular formula is C12H16N2O3. The Morgan fingerprint density at radius 2 is 2.18 bits per heavy atom. The fraction of sp³-hybridized carbons (Fsp3) is 0.500. The first kappa shape index (κ1) is 11.7. The average molecular weight is 236 g/mol. The highest BCUT2D eigenvalue weighted by Crippen LogP contribution is 2.11. The summed E-state index contributed by atoms with van der Waals surface area (Å²) >= 11 is 0. The molecule has 1 N–H and O–H groups in total. The summed E-state index contributed by atoms with van der Waals surface area (Å²) in [5.74, 6) is 0.684. The van der Waals surface area contributed by atoms with Gasteiger partial charge in [-0.2, -0.15) is 0 Å². The van der Waals surface area contributed by atoms with Crippen molar-refractivity contribution in [3.05, 3.63) is 24.2 Å². The van der Waals surface area contributed by atoms with Crippen LogP contribution in [0.1, 0.15) is 19.6 Å². The smallest absolute Gasteiger partial charge is 0.245 e. The van der Waals surface area contributed by atoms with Gasteiger partial charge in [-0.25, -0.2) is 0 Å². The molecule has 0 spiro atoms. The van der Waals surface area contributed by atoms with Crippen molar-refractivity contribution in [1.82, 2.24) is 10.2 Å². The van der Waals surface area contributed by atoms with Gasteiger partial charge in [0, 0.05) is 13.0 Å². The van der Waals surface area contributed by atoms with Gasteiger partial charge < -0.3 is 14.6 Å². The molecule has 2 rings (SSSR count). The molecule has 0 aromatic carbocycles. The standard InChI is InChI=1S/C12H16N2O3/c1-8-12(16)14(9(2)11(15)13-8)6-5-10-4-3-7-17-10/h3-4,7-9H,5-6H2,1-2H3,(H,13,15). The molecule has 1 fully saturated rings. The predicted molar refractivity (Wildman–Crippen MR) is 61.2 cm³/mol. The predicted octanol–water partition coefficient (Wildman–Crippen LogP) is 0.557. The molecule has 1 aromatic rings. The number of hydrogen-bond donors (Lipinski definition) is 1. The van der Waals surface area contributed by atoms with E-state index in [0.29, 0.717) is 13.0 Å². The SMILES string of the molecule is CC1NC(=O)C(C)N(CCc2ccco2)C1=O. The summed E-state index contributed by atoms with van der Waals surface area (Å²) in [7, 11) is 0. The Labute approximate surface area is 99.8 Å². The number of hydrogen-bond acceptors (Lipinski definition) is 3. The molecule has 17 heavy (non-hydrogen) atoms. The zero-order valence-electron chi connectivity index (χ0n) is 9.97. The Balaban J connectivity index is 2.02. The van der Waals surface area contributed by atoms with Crippen molar-refractivity contribution in [1.29, 1.82) is 0 Å². The van der Waals surface area contributed by atoms with Gasteiger partial charge in [-0.05, 0) is 26.0 Å². The molecule has 92 valence electrons. The third-order valence-corrected chi connectivity index (χ3v) is 3.04. The maximum absolute atomic E-state index is 11.9. The van der Waals surface area contributed by atoms with Gasteiger partial charge in [0.1, 0.15) is 17.8 Å². The van der Waals surface area contributed by atoms with Crippen molar-refractivity contribution in [2.24, 2.45) is 0 Å². The molecule has 1 saturated heterocycles. The Morgan fingerprint density at radius 3 is 2.82 bits per heavy atom. The van der Waals surface area contributed by atoms with E-state index in [1.807, 2.05) is 12.1 Å². The van der Waals surface area contributed by atoms with Gasteiger partial charge >= 0.3 is 0 Å². The number of amides is 2. The zero-order valence-corrected chi connectivity index (χ0v) is 9.97. The van der Waals surface area contributed by atoms with E-state index < -0.39 is 12.1 Å². The summed E-state index contributed by atoms with van der Waals surface area (Å²) in [4.78, 5) is 25.1. The molecule has 2 amide bonds. The Hall–Kier alpha value is -1.78. The first-order valence-corrected chi connectivity index (χ1v) is 5.73. The molecule has 0 saturated carbocycles. The van der Waals surface area contributed by atoms with Crippen molar-refractivity contribution >= 4 is 11.8 Å². The second kappa shape index (κ2) is 4.61. The molecule has 0 aliphatic carbocycles. The van der Waals surface area contributed by atoms with Crippen molar-refractivity contribution in [2.45, 2.75) is 32.4 Å². The summed E-state index contributed by atoms with van der Waals surface area (Å²) in [6.45, 7) is 3.94. The summed E-state index contributed by atoms with van der Waals surface area (Å²) in [5, 5.41) is 2.65. The number of nitrogens with zero attached hydrogens (tertiary/aromatic N) is 1. The molecule has 0 bridgehead atoms. The molecule has 1 aromatic heterocycles. The number of carbonyl (C=O) groups excluding carboxylic acids is 2. The molecule has 2 atom stereocenters. The van der Waals surface area contributed by atoms with Gasteiger partial charge in [-0.3, -0.25) is 9.59 Å². The van der Waals surface area contributed by atoms with E-state index >= 15 is 0 Å². The lowest BCUT2D eigenvalue weighted by Crippen LogP contribution is -2.61. The highest BCUT2D eigenvalue weighted by Gasteiger charge is 2.35. The molecule has 5 nitrogen and oxygen atoms in total. The monoisotopic (exact) mass is 236 g/mol. The zero-order chi connectivity index (χ0) is 12.4. The van der Waals surface area contributed by atoms with Gasteiger partial charge in [0.05, 0.1) is 6.26 Å². The summed E-state index contributed by atoms with van der Waals surface area (Å²) < 4.78 is 5.21. The van der Waals surface area contributed by atoms with Crippen LogP contribution in [-0.4, -0.2) is 35.3 Å². The Bertz CT molecular complexity index is 413. The van der Waals surface area contributed by atoms with Gasteiger partial charge in [0.2, 0.25) is 11.8 Å². The third-order valence-electron chi connectivity index (χ3n) is 3.04. The van der Waals surface area contributed by atoms with Crippen LogP contribution in [0.2, 0.25) is 0 Å². The molecule has 1 aliphatic rings. The summed E-state index contributed by atoms with van der Waals surface area (Å²) in [6.07, 6.45) is 2.23. The maximum Gasteiger partial charge on any atom is 0.245 e. The lowest BCUT2D eigenvalue weighted by atomic mass is 10.1. The van der Waals surface area contributed by atoms with Gasteiger partial charge in [0.15, 0.2) is 0 Å². The fourth-order valence-corrected chi connectivity index (χ4v) is 1.97. The summed E-state index contributed by atoms with van der Waals surface area (Å²) in [5.41, 5.74) is 0. The molecular weight excluding hydrogens is 220 g/mol. The topological polar surface area (TPSA) is 62.6 Å².